The lowest BCUT2D eigenvalue weighted by Crippen LogP contribution is -2.49. The van der Waals surface area contributed by atoms with Crippen molar-refractivity contribution < 1.29 is 14.2 Å². The van der Waals surface area contributed by atoms with Crippen molar-refractivity contribution in [2.75, 3.05) is 32.6 Å². The molecule has 1 aliphatic rings. The van der Waals surface area contributed by atoms with Gasteiger partial charge in [0.2, 0.25) is 0 Å². The van der Waals surface area contributed by atoms with E-state index in [1.807, 2.05) is 13.2 Å². The number of halogens is 1. The minimum atomic E-state index is -0.756. The highest BCUT2D eigenvalue weighted by atomic mass is 32.2. The van der Waals surface area contributed by atoms with E-state index >= 15 is 0 Å². The van der Waals surface area contributed by atoms with Gasteiger partial charge in [-0.25, -0.2) is 9.38 Å². The second-order valence-electron chi connectivity index (χ2n) is 6.23. The lowest BCUT2D eigenvalue weighted by atomic mass is 9.94. The molecule has 5 nitrogen and oxygen atoms in total. The van der Waals surface area contributed by atoms with Gasteiger partial charge < -0.3 is 20.5 Å². The van der Waals surface area contributed by atoms with Gasteiger partial charge in [-0.15, -0.1) is 0 Å². The van der Waals surface area contributed by atoms with E-state index in [4.69, 9.17) is 4.74 Å². The van der Waals surface area contributed by atoms with E-state index in [9.17, 15) is 9.50 Å². The maximum absolute atomic E-state index is 13.5. The summed E-state index contributed by atoms with van der Waals surface area (Å²) in [5.41, 5.74) is 1.22. The normalized spacial score (nSPS) is 17.4. The molecule has 0 radical (unpaired) electrons. The molecular weight excluding hydrogens is 341 g/mol. The molecule has 1 aliphatic heterocycles. The molecule has 0 unspecified atom stereocenters. The van der Waals surface area contributed by atoms with Gasteiger partial charge in [-0.05, 0) is 36.4 Å². The van der Waals surface area contributed by atoms with Crippen molar-refractivity contribution in [2.24, 2.45) is 4.99 Å². The van der Waals surface area contributed by atoms with Crippen LogP contribution in [0.1, 0.15) is 30.9 Å². The van der Waals surface area contributed by atoms with E-state index < -0.39 is 5.60 Å². The highest BCUT2D eigenvalue weighted by Gasteiger charge is 2.29. The van der Waals surface area contributed by atoms with Crippen molar-refractivity contribution >= 4 is 17.7 Å². The molecular formula is C18H28FN3O2S. The number of guanidine groups is 1. The molecule has 0 aliphatic carbocycles. The number of rotatable bonds is 7. The molecule has 2 rings (SSSR count). The first-order valence-corrected chi connectivity index (χ1v) is 10.0. The molecule has 1 heterocycles. The van der Waals surface area contributed by atoms with Crippen LogP contribution in [0.25, 0.3) is 0 Å². The van der Waals surface area contributed by atoms with Gasteiger partial charge >= 0.3 is 0 Å². The number of ether oxygens (including phenoxy) is 1. The standard InChI is InChI=1S/C18H28FN3O2S/c1-3-20-17(22-13-18(23)6-8-24-9-7-18)21-11-14-4-5-16(19)10-15(14)12-25-2/h4-5,10,23H,3,6-9,11-13H2,1-2H3,(H2,20,21,22). The average Bonchev–Trinajstić information content (AvgIpc) is 2.60. The second-order valence-corrected chi connectivity index (χ2v) is 7.10. The van der Waals surface area contributed by atoms with Gasteiger partial charge in [0, 0.05) is 44.9 Å². The van der Waals surface area contributed by atoms with Crippen molar-refractivity contribution in [3.8, 4) is 0 Å². The Morgan fingerprint density at radius 3 is 2.76 bits per heavy atom. The molecule has 0 spiro atoms. The lowest BCUT2D eigenvalue weighted by molar-refractivity contribution is -0.0594. The van der Waals surface area contributed by atoms with Crippen LogP contribution in [0.15, 0.2) is 23.2 Å². The van der Waals surface area contributed by atoms with Gasteiger partial charge in [0.05, 0.1) is 12.1 Å². The number of nitrogens with zero attached hydrogens (tertiary/aromatic N) is 1. The predicted octanol–water partition coefficient (Wildman–Crippen LogP) is 2.29. The van der Waals surface area contributed by atoms with E-state index in [-0.39, 0.29) is 5.82 Å². The quantitative estimate of drug-likeness (QED) is 0.508. The number of aliphatic hydroxyl groups is 1. The van der Waals surface area contributed by atoms with Crippen LogP contribution in [0.5, 0.6) is 0 Å². The third kappa shape index (κ3) is 6.49. The number of aliphatic imine (C=N–C) groups is 1. The van der Waals surface area contributed by atoms with Crippen LogP contribution < -0.4 is 10.6 Å². The fourth-order valence-electron chi connectivity index (χ4n) is 2.72. The van der Waals surface area contributed by atoms with Crippen LogP contribution >= 0.6 is 11.8 Å². The van der Waals surface area contributed by atoms with E-state index in [0.29, 0.717) is 45.1 Å². The summed E-state index contributed by atoms with van der Waals surface area (Å²) in [6.07, 6.45) is 3.24. The Hall–Kier alpha value is -1.31. The molecule has 1 fully saturated rings. The zero-order valence-corrected chi connectivity index (χ0v) is 15.8. The maximum Gasteiger partial charge on any atom is 0.191 e. The summed E-state index contributed by atoms with van der Waals surface area (Å²) < 4.78 is 18.8. The van der Waals surface area contributed by atoms with Crippen molar-refractivity contribution in [3.63, 3.8) is 0 Å². The molecule has 0 bridgehead atoms. The molecule has 0 amide bonds. The van der Waals surface area contributed by atoms with E-state index in [1.54, 1.807) is 23.9 Å². The average molecular weight is 370 g/mol. The first kappa shape index (κ1) is 20.0. The predicted molar refractivity (Wildman–Crippen MR) is 101 cm³/mol. The number of nitrogens with one attached hydrogen (secondary N) is 2. The number of hydrogen-bond acceptors (Lipinski definition) is 4. The fraction of sp³-hybridized carbons (Fsp3) is 0.611. The monoisotopic (exact) mass is 369 g/mol. The van der Waals surface area contributed by atoms with Gasteiger partial charge in [0.1, 0.15) is 5.82 Å². The second kappa shape index (κ2) is 9.99. The van der Waals surface area contributed by atoms with Gasteiger partial charge in [0.25, 0.3) is 0 Å². The van der Waals surface area contributed by atoms with Gasteiger partial charge in [0.15, 0.2) is 5.96 Å². The van der Waals surface area contributed by atoms with Crippen molar-refractivity contribution in [1.29, 1.82) is 0 Å². The fourth-order valence-corrected chi connectivity index (χ4v) is 3.30. The summed E-state index contributed by atoms with van der Waals surface area (Å²) in [4.78, 5) is 4.59. The van der Waals surface area contributed by atoms with Gasteiger partial charge in [-0.1, -0.05) is 6.07 Å². The van der Waals surface area contributed by atoms with Crippen LogP contribution in [-0.2, 0) is 17.0 Å². The molecule has 1 saturated heterocycles. The van der Waals surface area contributed by atoms with Crippen LogP contribution in [0.2, 0.25) is 0 Å². The molecule has 140 valence electrons. The summed E-state index contributed by atoms with van der Waals surface area (Å²) in [6, 6.07) is 4.84. The molecule has 1 aromatic rings. The molecule has 0 aromatic heterocycles. The lowest BCUT2D eigenvalue weighted by Gasteiger charge is -2.32. The Morgan fingerprint density at radius 2 is 2.08 bits per heavy atom. The Morgan fingerprint density at radius 1 is 1.32 bits per heavy atom. The Kier molecular flexibility index (Phi) is 7.99. The smallest absolute Gasteiger partial charge is 0.191 e. The maximum atomic E-state index is 13.5. The van der Waals surface area contributed by atoms with Crippen LogP contribution in [-0.4, -0.2) is 49.2 Å². The third-order valence-corrected chi connectivity index (χ3v) is 4.83. The summed E-state index contributed by atoms with van der Waals surface area (Å²) in [6.45, 7) is 4.79. The van der Waals surface area contributed by atoms with E-state index in [0.717, 1.165) is 23.4 Å². The molecule has 0 saturated carbocycles. The summed E-state index contributed by atoms with van der Waals surface area (Å²) in [5, 5.41) is 17.0. The van der Waals surface area contributed by atoms with Crippen LogP contribution in [0.4, 0.5) is 4.39 Å². The molecule has 7 heteroatoms. The Balaban J connectivity index is 2.01. The van der Waals surface area contributed by atoms with Crippen LogP contribution in [0, 0.1) is 5.82 Å². The van der Waals surface area contributed by atoms with E-state index in [2.05, 4.69) is 15.6 Å². The largest absolute Gasteiger partial charge is 0.388 e. The topological polar surface area (TPSA) is 65.9 Å². The van der Waals surface area contributed by atoms with Crippen LogP contribution in [0.3, 0.4) is 0 Å². The van der Waals surface area contributed by atoms with Gasteiger partial charge in [-0.2, -0.15) is 11.8 Å². The Labute approximate surface area is 153 Å². The molecule has 1 aromatic carbocycles. The van der Waals surface area contributed by atoms with Crippen molar-refractivity contribution in [2.45, 2.75) is 37.7 Å². The zero-order valence-electron chi connectivity index (χ0n) is 15.0. The minimum Gasteiger partial charge on any atom is -0.388 e. The highest BCUT2D eigenvalue weighted by molar-refractivity contribution is 7.97. The first-order valence-electron chi connectivity index (χ1n) is 8.65. The summed E-state index contributed by atoms with van der Waals surface area (Å²) >= 11 is 1.66. The first-order chi connectivity index (χ1) is 12.1. The number of benzene rings is 1. The third-order valence-electron chi connectivity index (χ3n) is 4.23. The zero-order chi connectivity index (χ0) is 18.1. The molecule has 3 N–H and O–H groups in total. The van der Waals surface area contributed by atoms with Crippen molar-refractivity contribution in [3.05, 3.63) is 35.1 Å². The number of hydrogen-bond donors (Lipinski definition) is 3. The number of thioether (sulfide) groups is 1. The summed E-state index contributed by atoms with van der Waals surface area (Å²) in [5.74, 6) is 1.19. The minimum absolute atomic E-state index is 0.219. The van der Waals surface area contributed by atoms with Crippen molar-refractivity contribution in [1.82, 2.24) is 10.6 Å². The van der Waals surface area contributed by atoms with E-state index in [1.165, 1.54) is 6.07 Å². The SMILES string of the molecule is CCNC(=NCc1ccc(F)cc1CSC)NCC1(O)CCOCC1. The Bertz CT molecular complexity index is 577. The molecule has 25 heavy (non-hydrogen) atoms. The summed E-state index contributed by atoms with van der Waals surface area (Å²) in [7, 11) is 0. The molecule has 0 atom stereocenters. The highest BCUT2D eigenvalue weighted by Crippen LogP contribution is 2.19. The van der Waals surface area contributed by atoms with Gasteiger partial charge in [-0.3, -0.25) is 0 Å².